The number of aliphatic hydroxyl groups is 1. The fourth-order valence-electron chi connectivity index (χ4n) is 4.13. The number of hydrogen-bond donors (Lipinski definition) is 3. The van der Waals surface area contributed by atoms with Crippen LogP contribution in [0.2, 0.25) is 0 Å². The predicted molar refractivity (Wildman–Crippen MR) is 102 cm³/mol. The Hall–Kier alpha value is -2.37. The molecule has 0 unspecified atom stereocenters. The van der Waals surface area contributed by atoms with Gasteiger partial charge in [-0.15, -0.1) is 4.57 Å². The van der Waals surface area contributed by atoms with E-state index in [1.807, 2.05) is 17.6 Å². The van der Waals surface area contributed by atoms with Crippen LogP contribution in [0.4, 0.5) is 4.79 Å². The monoisotopic (exact) mass is 423 g/mol. The molecule has 0 bridgehead atoms. The highest BCUT2D eigenvalue weighted by Crippen LogP contribution is 2.48. The maximum absolute atomic E-state index is 12.4. The Morgan fingerprint density at radius 1 is 1.46 bits per heavy atom. The Morgan fingerprint density at radius 3 is 2.68 bits per heavy atom. The minimum absolute atomic E-state index is 0.0204. The fourth-order valence-corrected chi connectivity index (χ4v) is 6.33. The molecule has 0 aromatic carbocycles. The molecule has 2 aliphatic rings. The number of carboxylic acid groups (broad SMARTS) is 1. The molecule has 4 N–H and O–H groups in total. The molecule has 0 spiro atoms. The zero-order valence-electron chi connectivity index (χ0n) is 15.4. The number of imidazole rings is 1. The number of carbonyl (C=O) groups is 3. The summed E-state index contributed by atoms with van der Waals surface area (Å²) in [5.41, 5.74) is 6.77. The van der Waals surface area contributed by atoms with Crippen LogP contribution in [0.5, 0.6) is 0 Å². The van der Waals surface area contributed by atoms with Gasteiger partial charge in [0.25, 0.3) is 6.33 Å². The van der Waals surface area contributed by atoms with Gasteiger partial charge >= 0.3 is 12.0 Å². The molecule has 1 fully saturated rings. The Balaban J connectivity index is 1.87. The molecule has 0 saturated carbocycles. The number of carbonyl (C=O) groups excluding carboxylic acids is 2. The second kappa shape index (κ2) is 6.33. The largest absolute Gasteiger partial charge is 0.477 e. The highest BCUT2D eigenvalue weighted by molar-refractivity contribution is 7.98. The number of aliphatic hydroxyl groups excluding tert-OH is 1. The standard InChI is InChI=1S/C17H18N4O5S2/c1-6-12(28-15-14(27-3)20(17(18)26)5-19(6)15)8-4-9-10(7(2)22)13(23)21(9)11(8)16(24)25/h5,7,9-10,22H,4H2,1-3H3,(H2-,18,24,25,26)/p+1/t7-,9-,10-/m1/s1. The molecular weight excluding hydrogens is 404 g/mol. The van der Waals surface area contributed by atoms with Crippen LogP contribution in [0.25, 0.3) is 10.4 Å². The van der Waals surface area contributed by atoms with Gasteiger partial charge in [0.1, 0.15) is 11.4 Å². The summed E-state index contributed by atoms with van der Waals surface area (Å²) in [6.07, 6.45) is 2.96. The van der Waals surface area contributed by atoms with Crippen LogP contribution >= 0.6 is 23.1 Å². The second-order valence-corrected chi connectivity index (χ2v) is 8.70. The summed E-state index contributed by atoms with van der Waals surface area (Å²) in [6, 6.07) is -0.938. The van der Waals surface area contributed by atoms with Gasteiger partial charge in [-0.05, 0) is 26.5 Å². The van der Waals surface area contributed by atoms with Gasteiger partial charge in [-0.1, -0.05) is 23.1 Å². The number of nitrogens with two attached hydrogens (primary N) is 1. The molecule has 28 heavy (non-hydrogen) atoms. The van der Waals surface area contributed by atoms with Gasteiger partial charge in [-0.3, -0.25) is 4.79 Å². The number of thiazole rings is 1. The average Bonchev–Trinajstić information content (AvgIpc) is 3.23. The highest BCUT2D eigenvalue weighted by atomic mass is 32.2. The van der Waals surface area contributed by atoms with Crippen molar-refractivity contribution in [3.63, 3.8) is 0 Å². The zero-order valence-corrected chi connectivity index (χ0v) is 17.0. The number of carboxylic acids is 1. The van der Waals surface area contributed by atoms with E-state index in [4.69, 9.17) is 5.73 Å². The van der Waals surface area contributed by atoms with Crippen LogP contribution in [0.3, 0.4) is 0 Å². The molecule has 2 aliphatic heterocycles. The van der Waals surface area contributed by atoms with Gasteiger partial charge in [-0.2, -0.15) is 4.40 Å². The minimum atomic E-state index is -1.16. The summed E-state index contributed by atoms with van der Waals surface area (Å²) in [4.78, 5) is 38.9. The lowest BCUT2D eigenvalue weighted by molar-refractivity contribution is -0.515. The van der Waals surface area contributed by atoms with E-state index in [1.165, 1.54) is 32.6 Å². The van der Waals surface area contributed by atoms with Gasteiger partial charge in [0.15, 0.2) is 0 Å². The molecule has 2 aromatic rings. The van der Waals surface area contributed by atoms with Crippen molar-refractivity contribution in [3.05, 3.63) is 22.6 Å². The third-order valence-electron chi connectivity index (χ3n) is 5.38. The maximum Gasteiger partial charge on any atom is 0.411 e. The Bertz CT molecular complexity index is 1080. The Labute approximate surface area is 168 Å². The van der Waals surface area contributed by atoms with Crippen molar-refractivity contribution in [1.82, 2.24) is 9.47 Å². The van der Waals surface area contributed by atoms with Crippen LogP contribution in [0.1, 0.15) is 23.9 Å². The second-order valence-electron chi connectivity index (χ2n) is 6.90. The lowest BCUT2D eigenvalue weighted by atomic mass is 9.83. The van der Waals surface area contributed by atoms with E-state index in [2.05, 4.69) is 0 Å². The first-order valence-electron chi connectivity index (χ1n) is 8.56. The number of aryl methyl sites for hydroxylation is 1. The van der Waals surface area contributed by atoms with E-state index in [9.17, 15) is 24.6 Å². The quantitative estimate of drug-likeness (QED) is 0.376. The number of hydrogen-bond acceptors (Lipinski definition) is 6. The zero-order chi connectivity index (χ0) is 20.5. The van der Waals surface area contributed by atoms with Crippen LogP contribution in [-0.2, 0) is 9.59 Å². The number of amides is 2. The number of aliphatic carboxylic acids is 1. The van der Waals surface area contributed by atoms with E-state index < -0.39 is 24.0 Å². The number of thioether (sulfide) groups is 1. The number of rotatable bonds is 4. The number of β-lactam (4-membered cyclic amide) rings is 1. The summed E-state index contributed by atoms with van der Waals surface area (Å²) in [7, 11) is 0. The lowest BCUT2D eigenvalue weighted by Gasteiger charge is -2.44. The smallest absolute Gasteiger partial charge is 0.411 e. The van der Waals surface area contributed by atoms with Crippen LogP contribution < -0.4 is 10.1 Å². The van der Waals surface area contributed by atoms with Gasteiger partial charge < -0.3 is 20.8 Å². The first-order chi connectivity index (χ1) is 13.2. The third-order valence-corrected chi connectivity index (χ3v) is 7.61. The van der Waals surface area contributed by atoms with Gasteiger partial charge in [0.05, 0.1) is 22.9 Å². The van der Waals surface area contributed by atoms with Crippen LogP contribution in [0, 0.1) is 12.8 Å². The minimum Gasteiger partial charge on any atom is -0.477 e. The van der Waals surface area contributed by atoms with Crippen molar-refractivity contribution in [3.8, 4) is 0 Å². The lowest BCUT2D eigenvalue weighted by Crippen LogP contribution is -2.61. The van der Waals surface area contributed by atoms with Gasteiger partial charge in [0.2, 0.25) is 15.8 Å². The summed E-state index contributed by atoms with van der Waals surface area (Å²) in [6.45, 7) is 3.39. The Kier molecular flexibility index (Phi) is 4.28. The Morgan fingerprint density at radius 2 is 2.14 bits per heavy atom. The summed E-state index contributed by atoms with van der Waals surface area (Å²) < 4.78 is 3.17. The van der Waals surface area contributed by atoms with E-state index in [0.29, 0.717) is 17.0 Å². The number of primary amides is 1. The molecule has 2 amide bonds. The number of fused-ring (bicyclic) bond motifs is 2. The molecule has 4 rings (SSSR count). The molecule has 2 aromatic heterocycles. The number of nitrogens with zero attached hydrogens (tertiary/aromatic N) is 3. The predicted octanol–water partition coefficient (Wildman–Crippen LogP) is 0.653. The maximum atomic E-state index is 12.4. The summed E-state index contributed by atoms with van der Waals surface area (Å²) in [5.74, 6) is -2.11. The SMILES string of the molecule is CSc1c2sc(C3=C(C(=O)O)N4C(=O)[C@H]([C@@H](C)O)[C@H]4C3)c(C)[n+]2cn1C(N)=O. The van der Waals surface area contributed by atoms with Crippen molar-refractivity contribution < 1.29 is 29.0 Å². The molecule has 9 nitrogen and oxygen atoms in total. The first kappa shape index (κ1) is 19.0. The highest BCUT2D eigenvalue weighted by Gasteiger charge is 2.57. The van der Waals surface area contributed by atoms with E-state index in [-0.39, 0.29) is 17.6 Å². The van der Waals surface area contributed by atoms with Gasteiger partial charge in [-0.25, -0.2) is 9.59 Å². The molecular formula is C17H19N4O5S2+. The fraction of sp³-hybridized carbons (Fsp3) is 0.412. The summed E-state index contributed by atoms with van der Waals surface area (Å²) in [5, 5.41) is 20.3. The van der Waals surface area contributed by atoms with Gasteiger partial charge in [0, 0.05) is 5.57 Å². The summed E-state index contributed by atoms with van der Waals surface area (Å²) >= 11 is 2.74. The molecule has 11 heteroatoms. The molecule has 1 saturated heterocycles. The van der Waals surface area contributed by atoms with Crippen molar-refractivity contribution in [2.75, 3.05) is 6.26 Å². The van der Waals surface area contributed by atoms with Crippen LogP contribution in [0.15, 0.2) is 17.1 Å². The molecule has 0 aliphatic carbocycles. The average molecular weight is 423 g/mol. The van der Waals surface area contributed by atoms with Crippen LogP contribution in [-0.4, -0.2) is 56.0 Å². The van der Waals surface area contributed by atoms with E-state index >= 15 is 0 Å². The van der Waals surface area contributed by atoms with Crippen molar-refractivity contribution in [2.45, 2.75) is 37.4 Å². The van der Waals surface area contributed by atoms with E-state index in [0.717, 1.165) is 15.4 Å². The molecule has 4 heterocycles. The van der Waals surface area contributed by atoms with Crippen molar-refractivity contribution >= 4 is 51.4 Å². The first-order valence-corrected chi connectivity index (χ1v) is 10.6. The van der Waals surface area contributed by atoms with Crippen molar-refractivity contribution in [1.29, 1.82) is 0 Å². The molecule has 3 atom stereocenters. The molecule has 0 radical (unpaired) electrons. The third kappa shape index (κ3) is 2.36. The normalized spacial score (nSPS) is 22.6. The topological polar surface area (TPSA) is 130 Å². The molecule has 148 valence electrons. The number of aromatic nitrogens is 2. The van der Waals surface area contributed by atoms with E-state index in [1.54, 1.807) is 13.3 Å². The van der Waals surface area contributed by atoms with Crippen molar-refractivity contribution in [2.24, 2.45) is 11.7 Å².